The van der Waals surface area contributed by atoms with Crippen LogP contribution in [0.25, 0.3) is 0 Å². The van der Waals surface area contributed by atoms with Crippen LogP contribution in [-0.4, -0.2) is 22.2 Å². The summed E-state index contributed by atoms with van der Waals surface area (Å²) in [5.74, 6) is 0.478. The fourth-order valence-electron chi connectivity index (χ4n) is 2.67. The molecule has 0 aliphatic heterocycles. The number of rotatable bonds is 8. The standard InChI is InChI=1S/C21H21Cl2N3O2/c1-15-9-11-25-26(15)12-2-10-24-21(27)17-5-3-16(4-6-17)14-28-20-8-7-18(22)13-19(20)23/h3-9,11,13H,2,10,12,14H2,1H3,(H,24,27). The lowest BCUT2D eigenvalue weighted by atomic mass is 10.1. The second kappa shape index (κ2) is 9.62. The lowest BCUT2D eigenvalue weighted by Gasteiger charge is -2.09. The molecule has 3 aromatic rings. The molecule has 1 heterocycles. The van der Waals surface area contributed by atoms with Gasteiger partial charge in [0.2, 0.25) is 0 Å². The summed E-state index contributed by atoms with van der Waals surface area (Å²) in [4.78, 5) is 12.2. The second-order valence-electron chi connectivity index (χ2n) is 6.37. The highest BCUT2D eigenvalue weighted by Gasteiger charge is 2.07. The molecule has 0 aliphatic rings. The van der Waals surface area contributed by atoms with Crippen LogP contribution < -0.4 is 10.1 Å². The molecule has 0 spiro atoms. The van der Waals surface area contributed by atoms with E-state index in [4.69, 9.17) is 27.9 Å². The number of halogens is 2. The number of ether oxygens (including phenoxy) is 1. The molecule has 0 fully saturated rings. The van der Waals surface area contributed by atoms with Crippen LogP contribution in [0.15, 0.2) is 54.7 Å². The van der Waals surface area contributed by atoms with Gasteiger partial charge in [-0.3, -0.25) is 9.48 Å². The molecule has 28 heavy (non-hydrogen) atoms. The van der Waals surface area contributed by atoms with Gasteiger partial charge in [0.15, 0.2) is 0 Å². The van der Waals surface area contributed by atoms with Crippen molar-refractivity contribution in [1.82, 2.24) is 15.1 Å². The van der Waals surface area contributed by atoms with Crippen molar-refractivity contribution in [2.75, 3.05) is 6.54 Å². The van der Waals surface area contributed by atoms with Crippen LogP contribution in [0.5, 0.6) is 5.75 Å². The smallest absolute Gasteiger partial charge is 0.251 e. The molecule has 0 unspecified atom stereocenters. The predicted octanol–water partition coefficient (Wildman–Crippen LogP) is 4.90. The zero-order valence-corrected chi connectivity index (χ0v) is 17.0. The van der Waals surface area contributed by atoms with E-state index in [1.54, 1.807) is 36.5 Å². The van der Waals surface area contributed by atoms with Crippen LogP contribution in [-0.2, 0) is 13.2 Å². The fraction of sp³-hybridized carbons (Fsp3) is 0.238. The number of nitrogens with zero attached hydrogens (tertiary/aromatic N) is 2. The summed E-state index contributed by atoms with van der Waals surface area (Å²) in [6, 6.07) is 14.4. The third-order valence-electron chi connectivity index (χ3n) is 4.27. The topological polar surface area (TPSA) is 56.2 Å². The summed E-state index contributed by atoms with van der Waals surface area (Å²) < 4.78 is 7.63. The maximum atomic E-state index is 12.2. The van der Waals surface area contributed by atoms with Gasteiger partial charge in [-0.2, -0.15) is 5.10 Å². The number of aromatic nitrogens is 2. The van der Waals surface area contributed by atoms with Gasteiger partial charge in [-0.1, -0.05) is 35.3 Å². The number of hydrogen-bond donors (Lipinski definition) is 1. The van der Waals surface area contributed by atoms with E-state index in [0.29, 0.717) is 34.5 Å². The van der Waals surface area contributed by atoms with E-state index in [0.717, 1.165) is 24.2 Å². The molecule has 0 atom stereocenters. The van der Waals surface area contributed by atoms with Crippen molar-refractivity contribution in [3.05, 3.63) is 81.6 Å². The molecule has 0 radical (unpaired) electrons. The summed E-state index contributed by atoms with van der Waals surface area (Å²) in [5.41, 5.74) is 2.67. The van der Waals surface area contributed by atoms with Gasteiger partial charge >= 0.3 is 0 Å². The van der Waals surface area contributed by atoms with E-state index < -0.39 is 0 Å². The fourth-order valence-corrected chi connectivity index (χ4v) is 3.13. The lowest BCUT2D eigenvalue weighted by Crippen LogP contribution is -2.25. The van der Waals surface area contributed by atoms with Gasteiger partial charge in [0.1, 0.15) is 12.4 Å². The molecular weight excluding hydrogens is 397 g/mol. The molecule has 7 heteroatoms. The van der Waals surface area contributed by atoms with Crippen molar-refractivity contribution in [1.29, 1.82) is 0 Å². The average molecular weight is 418 g/mol. The van der Waals surface area contributed by atoms with Crippen LogP contribution in [0.3, 0.4) is 0 Å². The predicted molar refractivity (Wildman–Crippen MR) is 111 cm³/mol. The average Bonchev–Trinajstić information content (AvgIpc) is 3.09. The van der Waals surface area contributed by atoms with Crippen LogP contribution in [0.1, 0.15) is 28.0 Å². The van der Waals surface area contributed by atoms with Gasteiger partial charge in [-0.25, -0.2) is 0 Å². The number of benzene rings is 2. The Hall–Kier alpha value is -2.50. The van der Waals surface area contributed by atoms with Crippen molar-refractivity contribution in [2.24, 2.45) is 0 Å². The molecule has 146 valence electrons. The van der Waals surface area contributed by atoms with E-state index in [1.807, 2.05) is 29.8 Å². The Balaban J connectivity index is 1.45. The first-order valence-corrected chi connectivity index (χ1v) is 9.72. The van der Waals surface area contributed by atoms with Gasteiger partial charge < -0.3 is 10.1 Å². The van der Waals surface area contributed by atoms with E-state index in [2.05, 4.69) is 10.4 Å². The molecular formula is C21H21Cl2N3O2. The van der Waals surface area contributed by atoms with Crippen molar-refractivity contribution in [3.8, 4) is 5.75 Å². The first-order chi connectivity index (χ1) is 13.5. The molecule has 0 saturated carbocycles. The summed E-state index contributed by atoms with van der Waals surface area (Å²) >= 11 is 12.0. The SMILES string of the molecule is Cc1ccnn1CCCNC(=O)c1ccc(COc2ccc(Cl)cc2Cl)cc1. The molecule has 0 saturated heterocycles. The first kappa shape index (κ1) is 20.2. The Kier molecular flexibility index (Phi) is 6.95. The van der Waals surface area contributed by atoms with Crippen molar-refractivity contribution in [2.45, 2.75) is 26.5 Å². The normalized spacial score (nSPS) is 10.7. The highest BCUT2D eigenvalue weighted by atomic mass is 35.5. The Labute approximate surface area is 174 Å². The van der Waals surface area contributed by atoms with Gasteiger partial charge in [0, 0.05) is 35.6 Å². The quantitative estimate of drug-likeness (QED) is 0.530. The van der Waals surface area contributed by atoms with Crippen molar-refractivity contribution < 1.29 is 9.53 Å². The minimum Gasteiger partial charge on any atom is -0.487 e. The number of amides is 1. The minimum absolute atomic E-state index is 0.0922. The molecule has 5 nitrogen and oxygen atoms in total. The van der Waals surface area contributed by atoms with Crippen LogP contribution in [0, 0.1) is 6.92 Å². The molecule has 2 aromatic carbocycles. The highest BCUT2D eigenvalue weighted by Crippen LogP contribution is 2.28. The summed E-state index contributed by atoms with van der Waals surface area (Å²) in [6.07, 6.45) is 2.60. The van der Waals surface area contributed by atoms with Gasteiger partial charge in [-0.15, -0.1) is 0 Å². The van der Waals surface area contributed by atoms with Crippen LogP contribution >= 0.6 is 23.2 Å². The molecule has 1 aromatic heterocycles. The zero-order valence-electron chi connectivity index (χ0n) is 15.5. The molecule has 1 amide bonds. The lowest BCUT2D eigenvalue weighted by molar-refractivity contribution is 0.0952. The van der Waals surface area contributed by atoms with Gasteiger partial charge in [0.05, 0.1) is 5.02 Å². The summed E-state index contributed by atoms with van der Waals surface area (Å²) in [5, 5.41) is 8.19. The number of nitrogens with one attached hydrogen (secondary N) is 1. The van der Waals surface area contributed by atoms with Crippen LogP contribution in [0.4, 0.5) is 0 Å². The van der Waals surface area contributed by atoms with E-state index in [-0.39, 0.29) is 5.91 Å². The minimum atomic E-state index is -0.0922. The Morgan fingerprint density at radius 1 is 1.14 bits per heavy atom. The Morgan fingerprint density at radius 3 is 2.61 bits per heavy atom. The van der Waals surface area contributed by atoms with Crippen molar-refractivity contribution >= 4 is 29.1 Å². The Bertz CT molecular complexity index is 939. The number of hydrogen-bond acceptors (Lipinski definition) is 3. The molecule has 0 aliphatic carbocycles. The van der Waals surface area contributed by atoms with E-state index in [9.17, 15) is 4.79 Å². The third-order valence-corrected chi connectivity index (χ3v) is 4.80. The molecule has 1 N–H and O–H groups in total. The highest BCUT2D eigenvalue weighted by molar-refractivity contribution is 6.35. The number of aryl methyl sites for hydroxylation is 2. The third kappa shape index (κ3) is 5.50. The zero-order chi connectivity index (χ0) is 19.9. The van der Waals surface area contributed by atoms with Gasteiger partial charge in [0.25, 0.3) is 5.91 Å². The van der Waals surface area contributed by atoms with Crippen LogP contribution in [0.2, 0.25) is 10.0 Å². The summed E-state index contributed by atoms with van der Waals surface area (Å²) in [7, 11) is 0. The van der Waals surface area contributed by atoms with E-state index >= 15 is 0 Å². The number of carbonyl (C=O) groups is 1. The van der Waals surface area contributed by atoms with Crippen molar-refractivity contribution in [3.63, 3.8) is 0 Å². The Morgan fingerprint density at radius 2 is 1.93 bits per heavy atom. The van der Waals surface area contributed by atoms with Gasteiger partial charge in [-0.05, 0) is 55.3 Å². The molecule has 0 bridgehead atoms. The largest absolute Gasteiger partial charge is 0.487 e. The first-order valence-electron chi connectivity index (χ1n) is 8.96. The monoisotopic (exact) mass is 417 g/mol. The summed E-state index contributed by atoms with van der Waals surface area (Å²) in [6.45, 7) is 3.74. The second-order valence-corrected chi connectivity index (χ2v) is 7.21. The maximum Gasteiger partial charge on any atom is 0.251 e. The maximum absolute atomic E-state index is 12.2. The molecule has 3 rings (SSSR count). The van der Waals surface area contributed by atoms with E-state index in [1.165, 1.54) is 0 Å². The number of carbonyl (C=O) groups excluding carboxylic acids is 1.